The monoisotopic (exact) mass is 644 g/mol. The number of nitriles is 1. The largest absolute Gasteiger partial charge is 1.00 e. The maximum Gasteiger partial charge on any atom is 1.00 e. The van der Waals surface area contributed by atoms with Crippen LogP contribution >= 0.6 is 35.0 Å². The van der Waals surface area contributed by atoms with Crippen LogP contribution in [0.2, 0.25) is 10.0 Å². The molecule has 0 spiro atoms. The van der Waals surface area contributed by atoms with Gasteiger partial charge in [-0.05, 0) is 54.1 Å². The van der Waals surface area contributed by atoms with Gasteiger partial charge in [-0.1, -0.05) is 29.4 Å². The summed E-state index contributed by atoms with van der Waals surface area (Å²) in [4.78, 5) is 0.0149. The van der Waals surface area contributed by atoms with Gasteiger partial charge in [0.15, 0.2) is 11.5 Å². The van der Waals surface area contributed by atoms with Crippen LogP contribution in [-0.4, -0.2) is 39.9 Å². The number of nitrogens with zero attached hydrogens (tertiary/aromatic N) is 4. The van der Waals surface area contributed by atoms with Crippen molar-refractivity contribution in [3.05, 3.63) is 68.9 Å². The summed E-state index contributed by atoms with van der Waals surface area (Å²) in [7, 11) is 0.121. The molecule has 0 unspecified atom stereocenters. The fraction of sp³-hybridized carbons (Fsp3) is 0.160. The fourth-order valence-electron chi connectivity index (χ4n) is 3.54. The normalized spacial score (nSPS) is 10.8. The number of hydrogen-bond donors (Lipinski definition) is 0. The third-order valence-corrected chi connectivity index (χ3v) is 8.37. The summed E-state index contributed by atoms with van der Waals surface area (Å²) >= 11 is 13.6. The maximum atomic E-state index is 12.9. The van der Waals surface area contributed by atoms with E-state index in [-0.39, 0.29) is 83.5 Å². The van der Waals surface area contributed by atoms with Crippen LogP contribution < -0.4 is 65.6 Å². The Balaban J connectivity index is 0.00000441. The van der Waals surface area contributed by atoms with E-state index in [0.29, 0.717) is 33.6 Å². The van der Waals surface area contributed by atoms with Crippen LogP contribution in [0.25, 0.3) is 27.6 Å². The molecule has 202 valence electrons. The molecule has 3 aromatic carbocycles. The van der Waals surface area contributed by atoms with Gasteiger partial charge in [-0.2, -0.15) is 0 Å². The molecule has 40 heavy (non-hydrogen) atoms. The molecule has 0 aliphatic rings. The van der Waals surface area contributed by atoms with Crippen LogP contribution in [-0.2, 0) is 15.8 Å². The molecule has 4 rings (SSSR count). The van der Waals surface area contributed by atoms with E-state index in [2.05, 4.69) is 14.9 Å². The molecule has 0 aliphatic heterocycles. The van der Waals surface area contributed by atoms with Crippen LogP contribution in [0.15, 0.2) is 62.7 Å². The third kappa shape index (κ3) is 7.25. The zero-order valence-electron chi connectivity index (χ0n) is 21.6. The quantitative estimate of drug-likeness (QED) is 0.143. The average Bonchev–Trinajstić information content (AvgIpc) is 3.41. The molecule has 0 N–H and O–H groups in total. The van der Waals surface area contributed by atoms with Crippen molar-refractivity contribution in [2.24, 2.45) is 0 Å². The van der Waals surface area contributed by atoms with Crippen molar-refractivity contribution in [2.45, 2.75) is 15.5 Å². The van der Waals surface area contributed by atoms with E-state index in [1.165, 1.54) is 39.7 Å². The zero-order valence-corrected chi connectivity index (χ0v) is 27.9. The first kappa shape index (κ1) is 32.5. The maximum absolute atomic E-state index is 12.9. The van der Waals surface area contributed by atoms with E-state index in [1.54, 1.807) is 36.4 Å². The van der Waals surface area contributed by atoms with Crippen molar-refractivity contribution < 1.29 is 78.4 Å². The van der Waals surface area contributed by atoms with Gasteiger partial charge >= 0.3 is 51.4 Å². The van der Waals surface area contributed by atoms with Crippen LogP contribution in [0.1, 0.15) is 5.56 Å². The van der Waals surface area contributed by atoms with Crippen molar-refractivity contribution in [1.82, 2.24) is 10.2 Å². The molecule has 15 heteroatoms. The second kappa shape index (κ2) is 14.3. The Hall–Kier alpha value is -1.99. The SMILES string of the molecule is COc1cc(CSc2cc(Cl)c(-c3nnc(-c4ccc(Cl)cc4)o3)cc2S(=O)(=O)[N-]C#N)cc(OC)c1OC.[K+]. The number of sulfonamides is 1. The first-order valence-electron chi connectivity index (χ1n) is 10.9. The first-order valence-corrected chi connectivity index (χ1v) is 14.1. The number of aromatic nitrogens is 2. The Morgan fingerprint density at radius 2 is 1.60 bits per heavy atom. The molecule has 0 aliphatic carbocycles. The number of benzene rings is 3. The summed E-state index contributed by atoms with van der Waals surface area (Å²) < 4.78 is 50.9. The Morgan fingerprint density at radius 3 is 2.17 bits per heavy atom. The van der Waals surface area contributed by atoms with E-state index >= 15 is 0 Å². The number of rotatable bonds is 10. The number of ether oxygens (including phenoxy) is 3. The van der Waals surface area contributed by atoms with Crippen molar-refractivity contribution in [3.63, 3.8) is 0 Å². The second-order valence-corrected chi connectivity index (χ2v) is 11.1. The Morgan fingerprint density at radius 1 is 0.975 bits per heavy atom. The standard InChI is InChI=1S/C25H19Cl2N4O6S2.K/c1-34-19-8-14(9-20(35-2)23(19)36-3)12-38-21-11-18(27)17(10-22(21)39(32,33)29-13-28)25-31-30-24(37-25)15-4-6-16(26)7-5-15;/h4-11H,12H2,1-3H3;/q-1;+1. The van der Waals surface area contributed by atoms with Crippen molar-refractivity contribution in [1.29, 1.82) is 5.26 Å². The first-order chi connectivity index (χ1) is 18.7. The van der Waals surface area contributed by atoms with E-state index in [1.807, 2.05) is 0 Å². The average molecular weight is 646 g/mol. The van der Waals surface area contributed by atoms with Gasteiger partial charge in [-0.25, -0.2) is 8.42 Å². The van der Waals surface area contributed by atoms with Crippen LogP contribution in [0.4, 0.5) is 0 Å². The number of thioether (sulfide) groups is 1. The summed E-state index contributed by atoms with van der Waals surface area (Å²) in [5, 5.41) is 17.7. The molecule has 0 amide bonds. The minimum atomic E-state index is -4.37. The predicted molar refractivity (Wildman–Crippen MR) is 147 cm³/mol. The van der Waals surface area contributed by atoms with Crippen molar-refractivity contribution in [2.75, 3.05) is 21.3 Å². The van der Waals surface area contributed by atoms with Crippen molar-refractivity contribution >= 4 is 45.0 Å². The molecule has 1 aromatic heterocycles. The molecule has 0 atom stereocenters. The number of methoxy groups -OCH3 is 3. The summed E-state index contributed by atoms with van der Waals surface area (Å²) in [6.45, 7) is 0. The van der Waals surface area contributed by atoms with Gasteiger partial charge in [0.25, 0.3) is 0 Å². The molecular weight excluding hydrogens is 626 g/mol. The van der Waals surface area contributed by atoms with E-state index in [9.17, 15) is 8.42 Å². The summed E-state index contributed by atoms with van der Waals surface area (Å²) in [5.74, 6) is 1.78. The topological polar surface area (TPSA) is 139 Å². The van der Waals surface area contributed by atoms with Gasteiger partial charge in [-0.3, -0.25) is 0 Å². The molecule has 0 bridgehead atoms. The molecule has 10 nitrogen and oxygen atoms in total. The van der Waals surface area contributed by atoms with Gasteiger partial charge in [0.1, 0.15) is 0 Å². The molecule has 4 aromatic rings. The van der Waals surface area contributed by atoms with Gasteiger partial charge in [0.05, 0.1) is 36.8 Å². The number of halogens is 2. The Bertz CT molecular complexity index is 1640. The molecule has 0 saturated heterocycles. The third-order valence-electron chi connectivity index (χ3n) is 5.34. The molecule has 0 saturated carbocycles. The summed E-state index contributed by atoms with van der Waals surface area (Å²) in [6.07, 6.45) is 1.34. The minimum Gasteiger partial charge on any atom is -0.493 e. The Kier molecular flexibility index (Phi) is 11.6. The van der Waals surface area contributed by atoms with Crippen LogP contribution in [0.5, 0.6) is 17.2 Å². The summed E-state index contributed by atoms with van der Waals surface area (Å²) in [5.41, 5.74) is 1.52. The minimum absolute atomic E-state index is 0. The van der Waals surface area contributed by atoms with Crippen LogP contribution in [0, 0.1) is 11.5 Å². The smallest absolute Gasteiger partial charge is 0.493 e. The zero-order chi connectivity index (χ0) is 28.2. The van der Waals surface area contributed by atoms with Gasteiger partial charge in [-0.15, -0.1) is 22.0 Å². The van der Waals surface area contributed by atoms with Gasteiger partial charge in [0.2, 0.25) is 27.6 Å². The molecule has 1 heterocycles. The van der Waals surface area contributed by atoms with Crippen molar-refractivity contribution in [3.8, 4) is 46.4 Å². The van der Waals surface area contributed by atoms with Gasteiger partial charge in [0, 0.05) is 21.2 Å². The van der Waals surface area contributed by atoms with Gasteiger partial charge < -0.3 is 28.6 Å². The molecular formula is C25H19Cl2KN4O6S2. The molecule has 0 radical (unpaired) electrons. The number of hydrogen-bond acceptors (Lipinski definition) is 10. The van der Waals surface area contributed by atoms with E-state index < -0.39 is 10.0 Å². The fourth-order valence-corrected chi connectivity index (χ4v) is 6.14. The second-order valence-electron chi connectivity index (χ2n) is 7.69. The van der Waals surface area contributed by atoms with E-state index in [4.69, 9.17) is 47.1 Å². The Labute approximate surface area is 287 Å². The van der Waals surface area contributed by atoms with Crippen LogP contribution in [0.3, 0.4) is 0 Å². The molecule has 0 fully saturated rings. The predicted octanol–water partition coefficient (Wildman–Crippen LogP) is 3.58. The van der Waals surface area contributed by atoms with E-state index in [0.717, 1.165) is 17.3 Å². The summed E-state index contributed by atoms with van der Waals surface area (Å²) in [6, 6.07) is 12.9.